The normalized spacial score (nSPS) is 19.0. The van der Waals surface area contributed by atoms with Crippen molar-refractivity contribution in [3.8, 4) is 0 Å². The average Bonchev–Trinajstić information content (AvgIpc) is 3.10. The second-order valence-electron chi connectivity index (χ2n) is 5.56. The molecular weight excluding hydrogens is 320 g/mol. The Labute approximate surface area is 142 Å². The lowest BCUT2D eigenvalue weighted by molar-refractivity contribution is -0.379. The molecule has 0 fully saturated rings. The van der Waals surface area contributed by atoms with Gasteiger partial charge in [-0.15, -0.1) is 0 Å². The van der Waals surface area contributed by atoms with E-state index in [2.05, 4.69) is 42.7 Å². The summed E-state index contributed by atoms with van der Waals surface area (Å²) in [4.78, 5) is 20.1. The molecule has 0 radical (unpaired) electrons. The number of anilines is 2. The number of H-pyrrole nitrogens is 1. The summed E-state index contributed by atoms with van der Waals surface area (Å²) >= 11 is 0. The van der Waals surface area contributed by atoms with Crippen molar-refractivity contribution in [2.24, 2.45) is 5.92 Å². The number of tetrazole rings is 1. The summed E-state index contributed by atoms with van der Waals surface area (Å²) in [7, 11) is 0. The fourth-order valence-electron chi connectivity index (χ4n) is 2.88. The highest BCUT2D eigenvalue weighted by molar-refractivity contribution is 5.95. The van der Waals surface area contributed by atoms with E-state index in [0.717, 1.165) is 5.56 Å². The number of nitrogens with zero attached hydrogens (tertiary/aromatic N) is 5. The van der Waals surface area contributed by atoms with Crippen LogP contribution in [0.2, 0.25) is 0 Å². The van der Waals surface area contributed by atoms with Crippen LogP contribution in [0.4, 0.5) is 11.8 Å². The van der Waals surface area contributed by atoms with Gasteiger partial charge in [0.15, 0.2) is 12.4 Å². The second kappa shape index (κ2) is 6.11. The van der Waals surface area contributed by atoms with Crippen LogP contribution in [0.15, 0.2) is 61.2 Å². The van der Waals surface area contributed by atoms with Crippen molar-refractivity contribution in [3.05, 3.63) is 66.8 Å². The number of carbonyl (C=O) groups is 1. The minimum atomic E-state index is -0.617. The minimum Gasteiger partial charge on any atom is -0.326 e. The smallest absolute Gasteiger partial charge is 0.247 e. The van der Waals surface area contributed by atoms with Crippen molar-refractivity contribution in [2.75, 3.05) is 10.6 Å². The maximum atomic E-state index is 12.9. The molecule has 0 aromatic carbocycles. The van der Waals surface area contributed by atoms with Gasteiger partial charge in [-0.1, -0.05) is 17.7 Å². The topological polar surface area (TPSA) is 112 Å². The number of hydrogen-bond acceptors (Lipinski definition) is 6. The van der Waals surface area contributed by atoms with E-state index in [1.165, 1.54) is 0 Å². The molecule has 9 heteroatoms. The van der Waals surface area contributed by atoms with Gasteiger partial charge in [-0.05, 0) is 28.6 Å². The summed E-state index contributed by atoms with van der Waals surface area (Å²) in [6, 6.07) is 8.65. The van der Waals surface area contributed by atoms with Crippen LogP contribution in [0.5, 0.6) is 0 Å². The van der Waals surface area contributed by atoms with E-state index in [1.54, 1.807) is 35.3 Å². The fourth-order valence-corrected chi connectivity index (χ4v) is 2.88. The second-order valence-corrected chi connectivity index (χ2v) is 5.56. The first-order chi connectivity index (χ1) is 12.2. The summed E-state index contributed by atoms with van der Waals surface area (Å²) in [6.07, 6.45) is 5.23. The molecule has 2 atom stereocenters. The SMILES string of the molecule is C=C1Nc2nnnn2C(c2ccc[nH+]c2)C1C(=O)Nc1ccccn1. The summed E-state index contributed by atoms with van der Waals surface area (Å²) in [6.45, 7) is 4.00. The predicted octanol–water partition coefficient (Wildman–Crippen LogP) is 0.666. The van der Waals surface area contributed by atoms with Crippen molar-refractivity contribution in [3.63, 3.8) is 0 Å². The van der Waals surface area contributed by atoms with E-state index in [0.29, 0.717) is 17.5 Å². The molecule has 1 amide bonds. The van der Waals surface area contributed by atoms with Gasteiger partial charge in [0.2, 0.25) is 11.9 Å². The molecule has 0 saturated heterocycles. The third-order valence-corrected chi connectivity index (χ3v) is 3.99. The quantitative estimate of drug-likeness (QED) is 0.727. The maximum absolute atomic E-state index is 12.9. The molecule has 3 aromatic heterocycles. The van der Waals surface area contributed by atoms with Gasteiger partial charge in [0.1, 0.15) is 17.8 Å². The first kappa shape index (κ1) is 14.9. The third kappa shape index (κ3) is 2.71. The Bertz CT molecular complexity index is 908. The van der Waals surface area contributed by atoms with E-state index in [-0.39, 0.29) is 5.91 Å². The van der Waals surface area contributed by atoms with Crippen molar-refractivity contribution in [1.82, 2.24) is 25.2 Å². The summed E-state index contributed by atoms with van der Waals surface area (Å²) in [5, 5.41) is 17.5. The standard InChI is InChI=1S/C16H14N8O/c1-10-13(15(25)20-12-6-2-3-8-18-12)14(11-5-4-7-17-9-11)24-16(19-10)21-22-23-24/h2-9,13-14H,1H2,(H,18,20,25)(H,19,21,23)/p+1. The number of aromatic amines is 1. The van der Waals surface area contributed by atoms with Gasteiger partial charge in [-0.2, -0.15) is 0 Å². The van der Waals surface area contributed by atoms with Gasteiger partial charge in [-0.3, -0.25) is 4.79 Å². The van der Waals surface area contributed by atoms with Crippen molar-refractivity contribution in [1.29, 1.82) is 0 Å². The number of nitrogens with one attached hydrogen (secondary N) is 3. The Balaban J connectivity index is 1.74. The molecule has 4 rings (SSSR count). The lowest BCUT2D eigenvalue weighted by atomic mass is 9.89. The largest absolute Gasteiger partial charge is 0.326 e. The van der Waals surface area contributed by atoms with Crippen LogP contribution in [0.1, 0.15) is 11.6 Å². The van der Waals surface area contributed by atoms with E-state index in [4.69, 9.17) is 0 Å². The van der Waals surface area contributed by atoms with E-state index < -0.39 is 12.0 Å². The van der Waals surface area contributed by atoms with Gasteiger partial charge < -0.3 is 10.6 Å². The van der Waals surface area contributed by atoms with Crippen LogP contribution < -0.4 is 15.6 Å². The van der Waals surface area contributed by atoms with Crippen molar-refractivity contribution < 1.29 is 9.78 Å². The number of fused-ring (bicyclic) bond motifs is 1. The molecule has 25 heavy (non-hydrogen) atoms. The molecular formula is C16H15N8O+. The number of carbonyl (C=O) groups excluding carboxylic acids is 1. The van der Waals surface area contributed by atoms with Crippen molar-refractivity contribution >= 4 is 17.7 Å². The lowest BCUT2D eigenvalue weighted by Crippen LogP contribution is -2.40. The Hall–Kier alpha value is -3.62. The molecule has 4 heterocycles. The minimum absolute atomic E-state index is 0.244. The molecule has 2 unspecified atom stereocenters. The Morgan fingerprint density at radius 2 is 2.24 bits per heavy atom. The molecule has 0 aliphatic carbocycles. The number of rotatable bonds is 3. The fraction of sp³-hybridized carbons (Fsp3) is 0.125. The molecule has 1 aliphatic heterocycles. The van der Waals surface area contributed by atoms with Crippen LogP contribution in [-0.2, 0) is 4.79 Å². The number of pyridine rings is 2. The summed E-state index contributed by atoms with van der Waals surface area (Å²) < 4.78 is 1.58. The summed E-state index contributed by atoms with van der Waals surface area (Å²) in [5.74, 6) is 0.0573. The first-order valence-corrected chi connectivity index (χ1v) is 7.65. The molecule has 3 aromatic rings. The number of hydrogen-bond donors (Lipinski definition) is 2. The molecule has 0 saturated carbocycles. The van der Waals surface area contributed by atoms with E-state index in [1.807, 2.05) is 18.3 Å². The Kier molecular flexibility index (Phi) is 3.65. The zero-order valence-corrected chi connectivity index (χ0v) is 13.1. The number of amides is 1. The average molecular weight is 335 g/mol. The van der Waals surface area contributed by atoms with Gasteiger partial charge >= 0.3 is 0 Å². The molecule has 3 N–H and O–H groups in total. The van der Waals surface area contributed by atoms with Gasteiger partial charge in [0, 0.05) is 23.5 Å². The van der Waals surface area contributed by atoms with Crippen LogP contribution >= 0.6 is 0 Å². The maximum Gasteiger partial charge on any atom is 0.247 e. The van der Waals surface area contributed by atoms with E-state index >= 15 is 0 Å². The summed E-state index contributed by atoms with van der Waals surface area (Å²) in [5.41, 5.74) is 1.38. The van der Waals surface area contributed by atoms with Crippen molar-refractivity contribution in [2.45, 2.75) is 6.04 Å². The van der Waals surface area contributed by atoms with Gasteiger partial charge in [0.25, 0.3) is 0 Å². The van der Waals surface area contributed by atoms with Gasteiger partial charge in [0.05, 0.1) is 0 Å². The predicted molar refractivity (Wildman–Crippen MR) is 88.1 cm³/mol. The van der Waals surface area contributed by atoms with Gasteiger partial charge in [-0.25, -0.2) is 14.6 Å². The zero-order valence-electron chi connectivity index (χ0n) is 13.1. The highest BCUT2D eigenvalue weighted by atomic mass is 16.2. The van der Waals surface area contributed by atoms with Crippen LogP contribution in [0.25, 0.3) is 0 Å². The Morgan fingerprint density at radius 1 is 1.32 bits per heavy atom. The highest BCUT2D eigenvalue weighted by Crippen LogP contribution is 2.36. The van der Waals surface area contributed by atoms with Crippen LogP contribution in [0.3, 0.4) is 0 Å². The molecule has 9 nitrogen and oxygen atoms in total. The van der Waals surface area contributed by atoms with E-state index in [9.17, 15) is 4.79 Å². The molecule has 124 valence electrons. The van der Waals surface area contributed by atoms with Crippen LogP contribution in [-0.4, -0.2) is 31.1 Å². The first-order valence-electron chi connectivity index (χ1n) is 7.65. The number of aromatic nitrogens is 6. The van der Waals surface area contributed by atoms with Crippen LogP contribution in [0, 0.1) is 5.92 Å². The zero-order chi connectivity index (χ0) is 17.2. The third-order valence-electron chi connectivity index (χ3n) is 3.99. The molecule has 0 spiro atoms. The monoisotopic (exact) mass is 335 g/mol. The molecule has 1 aliphatic rings. The highest BCUT2D eigenvalue weighted by Gasteiger charge is 2.40. The Morgan fingerprint density at radius 3 is 3.00 bits per heavy atom. The molecule has 0 bridgehead atoms. The lowest BCUT2D eigenvalue weighted by Gasteiger charge is -2.32.